The lowest BCUT2D eigenvalue weighted by Gasteiger charge is -1.89. The SMILES string of the molecule is FC(F)(F)[SiH3].S. The number of hydrogen-bond acceptors (Lipinski definition) is 0. The predicted octanol–water partition coefficient (Wildman–Crippen LogP) is -0.0156. The second kappa shape index (κ2) is 2.52. The van der Waals surface area contributed by atoms with Gasteiger partial charge in [0, 0.05) is 0 Å². The van der Waals surface area contributed by atoms with Crippen LogP contribution in [0.2, 0.25) is 0 Å². The zero-order valence-corrected chi connectivity index (χ0v) is 6.13. The number of alkyl halides is 3. The van der Waals surface area contributed by atoms with Crippen LogP contribution < -0.4 is 0 Å². The summed E-state index contributed by atoms with van der Waals surface area (Å²) in [5, 5.41) is 0. The van der Waals surface area contributed by atoms with Crippen LogP contribution in [0.3, 0.4) is 0 Å². The molecule has 0 aliphatic rings. The summed E-state index contributed by atoms with van der Waals surface area (Å²) < 4.78 is 31.2. The Kier molecular flexibility index (Phi) is 4.03. The van der Waals surface area contributed by atoms with E-state index in [9.17, 15) is 13.2 Å². The highest BCUT2D eigenvalue weighted by Crippen LogP contribution is 2.05. The van der Waals surface area contributed by atoms with Crippen LogP contribution in [-0.2, 0) is 0 Å². The molecule has 0 unspecified atom stereocenters. The molecule has 0 heterocycles. The number of hydrogen-bond donors (Lipinski definition) is 0. The summed E-state index contributed by atoms with van der Waals surface area (Å²) in [5.74, 6) is -3.86. The fraction of sp³-hybridized carbons (Fsp3) is 1.00. The van der Waals surface area contributed by atoms with E-state index in [-0.39, 0.29) is 13.5 Å². The third-order valence-electron chi connectivity index (χ3n) is 0. The van der Waals surface area contributed by atoms with Crippen molar-refractivity contribution in [2.45, 2.75) is 5.80 Å². The van der Waals surface area contributed by atoms with Gasteiger partial charge in [-0.15, -0.1) is 0 Å². The van der Waals surface area contributed by atoms with Crippen molar-refractivity contribution in [2.75, 3.05) is 0 Å². The molecule has 0 amide bonds. The van der Waals surface area contributed by atoms with Crippen molar-refractivity contribution >= 4 is 23.7 Å². The molecule has 0 rings (SSSR count). The molecule has 0 radical (unpaired) electrons. The minimum atomic E-state index is -3.86. The summed E-state index contributed by atoms with van der Waals surface area (Å²) >= 11 is 0. The van der Waals surface area contributed by atoms with Gasteiger partial charge < -0.3 is 0 Å². The fourth-order valence-electron chi connectivity index (χ4n) is 0. The van der Waals surface area contributed by atoms with Gasteiger partial charge in [0.15, 0.2) is 0 Å². The van der Waals surface area contributed by atoms with E-state index in [4.69, 9.17) is 0 Å². The van der Waals surface area contributed by atoms with Gasteiger partial charge in [0.1, 0.15) is 10.2 Å². The summed E-state index contributed by atoms with van der Waals surface area (Å²) in [6.45, 7) is 0. The first-order chi connectivity index (χ1) is 2.00. The Hall–Kier alpha value is 0.357. The smallest absolute Gasteiger partial charge is 0.197 e. The molecule has 0 aromatic carbocycles. The molecule has 40 valence electrons. The molecule has 0 aliphatic heterocycles. The van der Waals surface area contributed by atoms with Crippen molar-refractivity contribution in [1.29, 1.82) is 0 Å². The van der Waals surface area contributed by atoms with Gasteiger partial charge in [0.05, 0.1) is 0 Å². The summed E-state index contributed by atoms with van der Waals surface area (Å²) in [4.78, 5) is 0. The Morgan fingerprint density at radius 2 is 1.17 bits per heavy atom. The predicted molar refractivity (Wildman–Crippen MR) is 26.4 cm³/mol. The Bertz CT molecular complexity index is 26.3. The molecule has 5 heteroatoms. The molecule has 0 aromatic heterocycles. The Morgan fingerprint density at radius 1 is 1.17 bits per heavy atom. The summed E-state index contributed by atoms with van der Waals surface area (Å²) in [6, 6.07) is 0. The maximum Gasteiger partial charge on any atom is 0.351 e. The third-order valence-corrected chi connectivity index (χ3v) is 0. The normalized spacial score (nSPS) is 10.5. The van der Waals surface area contributed by atoms with Gasteiger partial charge in [-0.05, 0) is 0 Å². The molecule has 0 nitrogen and oxygen atoms in total. The number of halogens is 3. The van der Waals surface area contributed by atoms with Crippen LogP contribution in [0.25, 0.3) is 0 Å². The third kappa shape index (κ3) is 385. The van der Waals surface area contributed by atoms with Crippen molar-refractivity contribution in [3.05, 3.63) is 0 Å². The zero-order chi connectivity index (χ0) is 4.50. The summed E-state index contributed by atoms with van der Waals surface area (Å²) in [7, 11) is -0.692. The highest BCUT2D eigenvalue weighted by Gasteiger charge is 2.14. The van der Waals surface area contributed by atoms with Gasteiger partial charge in [-0.1, -0.05) is 0 Å². The molecule has 6 heavy (non-hydrogen) atoms. The van der Waals surface area contributed by atoms with Crippen molar-refractivity contribution < 1.29 is 13.2 Å². The fourth-order valence-corrected chi connectivity index (χ4v) is 0. The van der Waals surface area contributed by atoms with Gasteiger partial charge in [-0.3, -0.25) is 0 Å². The maximum absolute atomic E-state index is 10.4. The van der Waals surface area contributed by atoms with E-state index in [0.29, 0.717) is 0 Å². The lowest BCUT2D eigenvalue weighted by Crippen LogP contribution is -2.03. The first-order valence-electron chi connectivity index (χ1n) is 1.07. The second-order valence-corrected chi connectivity index (χ2v) is 1.92. The highest BCUT2D eigenvalue weighted by molar-refractivity contribution is 7.59. The topological polar surface area (TPSA) is 0 Å². The average molecular weight is 134 g/mol. The van der Waals surface area contributed by atoms with Crippen molar-refractivity contribution in [3.8, 4) is 0 Å². The molecule has 0 fully saturated rings. The molecule has 0 saturated carbocycles. The standard InChI is InChI=1S/CH3F3Si.H2S/c2-1(3,4)5;/h5H3;1H2. The minimum Gasteiger partial charge on any atom is -0.197 e. The summed E-state index contributed by atoms with van der Waals surface area (Å²) in [5.41, 5.74) is 0. The van der Waals surface area contributed by atoms with Crippen LogP contribution in [0.15, 0.2) is 0 Å². The van der Waals surface area contributed by atoms with E-state index in [2.05, 4.69) is 0 Å². The van der Waals surface area contributed by atoms with Crippen LogP contribution in [0.1, 0.15) is 0 Å². The molecule has 0 aliphatic carbocycles. The van der Waals surface area contributed by atoms with Crippen LogP contribution in [0.5, 0.6) is 0 Å². The van der Waals surface area contributed by atoms with E-state index in [0.717, 1.165) is 0 Å². The molecule has 0 N–H and O–H groups in total. The molecule has 0 saturated heterocycles. The van der Waals surface area contributed by atoms with Crippen molar-refractivity contribution in [1.82, 2.24) is 0 Å². The minimum absolute atomic E-state index is 0. The van der Waals surface area contributed by atoms with Gasteiger partial charge in [0.25, 0.3) is 0 Å². The molecule has 0 atom stereocenters. The monoisotopic (exact) mass is 134 g/mol. The molecule has 0 bridgehead atoms. The van der Waals surface area contributed by atoms with E-state index in [1.54, 1.807) is 0 Å². The van der Waals surface area contributed by atoms with E-state index in [1.165, 1.54) is 0 Å². The second-order valence-electron chi connectivity index (χ2n) is 0.781. The zero-order valence-electron chi connectivity index (χ0n) is 3.13. The maximum atomic E-state index is 10.4. The van der Waals surface area contributed by atoms with E-state index in [1.807, 2.05) is 0 Å². The molecular weight excluding hydrogens is 129 g/mol. The van der Waals surface area contributed by atoms with Crippen LogP contribution in [0.4, 0.5) is 13.2 Å². The van der Waals surface area contributed by atoms with Crippen molar-refractivity contribution in [2.24, 2.45) is 0 Å². The van der Waals surface area contributed by atoms with Gasteiger partial charge in [-0.25, -0.2) is 0 Å². The van der Waals surface area contributed by atoms with Gasteiger partial charge in [0.2, 0.25) is 0 Å². The first kappa shape index (κ1) is 9.61. The molecule has 0 aromatic rings. The van der Waals surface area contributed by atoms with Gasteiger partial charge in [-0.2, -0.15) is 26.7 Å². The quantitative estimate of drug-likeness (QED) is 0.409. The molecular formula is CH5F3SSi. The lowest BCUT2D eigenvalue weighted by molar-refractivity contribution is -0.0429. The van der Waals surface area contributed by atoms with E-state index < -0.39 is 16.0 Å². The first-order valence-corrected chi connectivity index (χ1v) is 2.07. The number of rotatable bonds is 0. The average Bonchev–Trinajstić information content (AvgIpc) is 0.722. The molecule has 0 spiro atoms. The largest absolute Gasteiger partial charge is 0.351 e. The summed E-state index contributed by atoms with van der Waals surface area (Å²) in [6.07, 6.45) is 0. The Morgan fingerprint density at radius 3 is 1.17 bits per heavy atom. The Labute approximate surface area is 43.6 Å². The van der Waals surface area contributed by atoms with Crippen LogP contribution >= 0.6 is 13.5 Å². The lowest BCUT2D eigenvalue weighted by atomic mass is 11.5. The van der Waals surface area contributed by atoms with Crippen LogP contribution in [-0.4, -0.2) is 16.0 Å². The van der Waals surface area contributed by atoms with E-state index >= 15 is 0 Å². The van der Waals surface area contributed by atoms with Crippen molar-refractivity contribution in [3.63, 3.8) is 0 Å². The highest BCUT2D eigenvalue weighted by atomic mass is 32.1. The Balaban J connectivity index is 0. The van der Waals surface area contributed by atoms with Gasteiger partial charge >= 0.3 is 5.80 Å². The van der Waals surface area contributed by atoms with Crippen LogP contribution in [0, 0.1) is 0 Å².